The van der Waals surface area contributed by atoms with E-state index in [0.29, 0.717) is 17.7 Å². The molecule has 0 heterocycles. The minimum absolute atomic E-state index is 0.338. The van der Waals surface area contributed by atoms with Gasteiger partial charge in [-0.25, -0.2) is 0 Å². The molecule has 1 fully saturated rings. The van der Waals surface area contributed by atoms with Crippen LogP contribution in [0, 0.1) is 5.92 Å². The topological polar surface area (TPSA) is 46.2 Å². The molecule has 1 saturated carbocycles. The second kappa shape index (κ2) is 5.35. The Kier molecular flexibility index (Phi) is 3.83. The normalized spacial score (nSPS) is 26.3. The molecule has 0 amide bonds. The molecule has 88 valence electrons. The van der Waals surface area contributed by atoms with Crippen molar-refractivity contribution in [2.75, 3.05) is 0 Å². The highest BCUT2D eigenvalue weighted by Crippen LogP contribution is 2.26. The lowest BCUT2D eigenvalue weighted by molar-refractivity contribution is 0.394. The lowest BCUT2D eigenvalue weighted by atomic mass is 9.89. The highest BCUT2D eigenvalue weighted by atomic mass is 16.3. The summed E-state index contributed by atoms with van der Waals surface area (Å²) in [5.74, 6) is 0.948. The van der Waals surface area contributed by atoms with E-state index in [2.05, 4.69) is 6.07 Å². The molecule has 2 unspecified atom stereocenters. The van der Waals surface area contributed by atoms with Crippen LogP contribution in [0.1, 0.15) is 37.7 Å². The number of rotatable bonds is 2. The summed E-state index contributed by atoms with van der Waals surface area (Å²) in [6.45, 7) is 0. The van der Waals surface area contributed by atoms with Crippen LogP contribution in [0.4, 0.5) is 0 Å². The van der Waals surface area contributed by atoms with Crippen LogP contribution in [0.15, 0.2) is 24.3 Å². The van der Waals surface area contributed by atoms with Crippen LogP contribution < -0.4 is 5.73 Å². The smallest absolute Gasteiger partial charge is 0.115 e. The third kappa shape index (κ3) is 2.99. The minimum Gasteiger partial charge on any atom is -0.508 e. The van der Waals surface area contributed by atoms with Crippen LogP contribution in [0.3, 0.4) is 0 Å². The molecule has 0 aromatic heterocycles. The summed E-state index contributed by atoms with van der Waals surface area (Å²) in [5, 5.41) is 9.43. The fraction of sp³-hybridized carbons (Fsp3) is 0.571. The van der Waals surface area contributed by atoms with E-state index in [1.165, 1.54) is 31.2 Å². The summed E-state index contributed by atoms with van der Waals surface area (Å²) in [4.78, 5) is 0. The van der Waals surface area contributed by atoms with E-state index in [0.717, 1.165) is 12.8 Å². The van der Waals surface area contributed by atoms with Gasteiger partial charge in [0.2, 0.25) is 0 Å². The summed E-state index contributed by atoms with van der Waals surface area (Å²) >= 11 is 0. The molecule has 2 atom stereocenters. The first-order chi connectivity index (χ1) is 7.75. The molecule has 1 aliphatic rings. The lowest BCUT2D eigenvalue weighted by Crippen LogP contribution is -2.30. The molecule has 0 spiro atoms. The first-order valence-corrected chi connectivity index (χ1v) is 6.29. The Balaban J connectivity index is 2.02. The van der Waals surface area contributed by atoms with Crippen LogP contribution in [-0.4, -0.2) is 11.1 Å². The van der Waals surface area contributed by atoms with Crippen molar-refractivity contribution in [2.45, 2.75) is 44.6 Å². The molecule has 3 N–H and O–H groups in total. The van der Waals surface area contributed by atoms with Crippen LogP contribution in [-0.2, 0) is 6.42 Å². The first kappa shape index (κ1) is 11.5. The molecule has 16 heavy (non-hydrogen) atoms. The van der Waals surface area contributed by atoms with Crippen molar-refractivity contribution in [2.24, 2.45) is 11.7 Å². The zero-order valence-corrected chi connectivity index (χ0v) is 9.73. The van der Waals surface area contributed by atoms with Gasteiger partial charge in [0, 0.05) is 6.04 Å². The molecule has 2 nitrogen and oxygen atoms in total. The number of hydrogen-bond acceptors (Lipinski definition) is 2. The standard InChI is InChI=1S/C14H21NO/c15-14-8-3-1-2-6-12(14)9-11-5-4-7-13(16)10-11/h4-5,7,10,12,14,16H,1-3,6,8-9,15H2. The molecule has 1 aromatic carbocycles. The Labute approximate surface area is 97.5 Å². The van der Waals surface area contributed by atoms with E-state index < -0.39 is 0 Å². The molecule has 1 aromatic rings. The molecule has 0 saturated heterocycles. The van der Waals surface area contributed by atoms with Crippen molar-refractivity contribution >= 4 is 0 Å². The highest BCUT2D eigenvalue weighted by molar-refractivity contribution is 5.27. The Hall–Kier alpha value is -1.02. The summed E-state index contributed by atoms with van der Waals surface area (Å²) < 4.78 is 0. The van der Waals surface area contributed by atoms with Crippen LogP contribution >= 0.6 is 0 Å². The van der Waals surface area contributed by atoms with Crippen molar-refractivity contribution in [3.63, 3.8) is 0 Å². The summed E-state index contributed by atoms with van der Waals surface area (Å²) in [5.41, 5.74) is 7.41. The molecule has 0 bridgehead atoms. The average molecular weight is 219 g/mol. The minimum atomic E-state index is 0.338. The van der Waals surface area contributed by atoms with Crippen molar-refractivity contribution < 1.29 is 5.11 Å². The Morgan fingerprint density at radius 3 is 2.81 bits per heavy atom. The van der Waals surface area contributed by atoms with Gasteiger partial charge in [0.05, 0.1) is 0 Å². The van der Waals surface area contributed by atoms with E-state index in [1.807, 2.05) is 12.1 Å². The van der Waals surface area contributed by atoms with Crippen molar-refractivity contribution in [1.82, 2.24) is 0 Å². The van der Waals surface area contributed by atoms with Gasteiger partial charge in [-0.3, -0.25) is 0 Å². The number of hydrogen-bond donors (Lipinski definition) is 2. The van der Waals surface area contributed by atoms with Crippen LogP contribution in [0.2, 0.25) is 0 Å². The Morgan fingerprint density at radius 2 is 2.00 bits per heavy atom. The van der Waals surface area contributed by atoms with Gasteiger partial charge in [-0.15, -0.1) is 0 Å². The van der Waals surface area contributed by atoms with Gasteiger partial charge in [0.25, 0.3) is 0 Å². The summed E-state index contributed by atoms with van der Waals surface area (Å²) in [6, 6.07) is 7.91. The van der Waals surface area contributed by atoms with Gasteiger partial charge in [-0.05, 0) is 42.9 Å². The van der Waals surface area contributed by atoms with Crippen molar-refractivity contribution in [3.05, 3.63) is 29.8 Å². The number of phenols is 1. The highest BCUT2D eigenvalue weighted by Gasteiger charge is 2.20. The van der Waals surface area contributed by atoms with Gasteiger partial charge >= 0.3 is 0 Å². The van der Waals surface area contributed by atoms with E-state index >= 15 is 0 Å². The maximum absolute atomic E-state index is 9.43. The molecule has 2 rings (SSSR count). The number of aromatic hydroxyl groups is 1. The predicted molar refractivity (Wildman–Crippen MR) is 66.4 cm³/mol. The summed E-state index contributed by atoms with van der Waals surface area (Å²) in [6.07, 6.45) is 7.30. The van der Waals surface area contributed by atoms with E-state index in [1.54, 1.807) is 6.07 Å². The first-order valence-electron chi connectivity index (χ1n) is 6.29. The Morgan fingerprint density at radius 1 is 1.19 bits per heavy atom. The van der Waals surface area contributed by atoms with Gasteiger partial charge in [-0.2, -0.15) is 0 Å². The third-order valence-corrected chi connectivity index (χ3v) is 3.63. The number of benzene rings is 1. The van der Waals surface area contributed by atoms with Crippen LogP contribution in [0.25, 0.3) is 0 Å². The van der Waals surface area contributed by atoms with Crippen molar-refractivity contribution in [3.8, 4) is 5.75 Å². The maximum atomic E-state index is 9.43. The third-order valence-electron chi connectivity index (χ3n) is 3.63. The van der Waals surface area contributed by atoms with E-state index in [9.17, 15) is 5.11 Å². The van der Waals surface area contributed by atoms with Gasteiger partial charge < -0.3 is 10.8 Å². The second-order valence-electron chi connectivity index (χ2n) is 4.94. The van der Waals surface area contributed by atoms with Crippen LogP contribution in [0.5, 0.6) is 5.75 Å². The predicted octanol–water partition coefficient (Wildman–Crippen LogP) is 2.84. The van der Waals surface area contributed by atoms with Gasteiger partial charge in [0.1, 0.15) is 5.75 Å². The largest absolute Gasteiger partial charge is 0.508 e. The van der Waals surface area contributed by atoms with Gasteiger partial charge in [-0.1, -0.05) is 31.4 Å². The molecule has 2 heteroatoms. The van der Waals surface area contributed by atoms with Gasteiger partial charge in [0.15, 0.2) is 0 Å². The van der Waals surface area contributed by atoms with Crippen molar-refractivity contribution in [1.29, 1.82) is 0 Å². The fourth-order valence-corrected chi connectivity index (χ4v) is 2.65. The van der Waals surface area contributed by atoms with E-state index in [4.69, 9.17) is 5.73 Å². The quantitative estimate of drug-likeness (QED) is 0.751. The maximum Gasteiger partial charge on any atom is 0.115 e. The fourth-order valence-electron chi connectivity index (χ4n) is 2.65. The number of nitrogens with two attached hydrogens (primary N) is 1. The summed E-state index contributed by atoms with van der Waals surface area (Å²) in [7, 11) is 0. The average Bonchev–Trinajstić information content (AvgIpc) is 2.45. The molecular formula is C14H21NO. The Bertz CT molecular complexity index is 337. The molecular weight excluding hydrogens is 198 g/mol. The molecule has 0 aliphatic heterocycles. The molecule has 0 radical (unpaired) electrons. The SMILES string of the molecule is NC1CCCCCC1Cc1cccc(O)c1. The zero-order valence-electron chi connectivity index (χ0n) is 9.73. The second-order valence-corrected chi connectivity index (χ2v) is 4.94. The molecule has 1 aliphatic carbocycles. The van der Waals surface area contributed by atoms with E-state index in [-0.39, 0.29) is 0 Å². The zero-order chi connectivity index (χ0) is 11.4. The monoisotopic (exact) mass is 219 g/mol. The number of phenolic OH excluding ortho intramolecular Hbond substituents is 1. The lowest BCUT2D eigenvalue weighted by Gasteiger charge is -2.21.